The summed E-state index contributed by atoms with van der Waals surface area (Å²) < 4.78 is 12.5. The van der Waals surface area contributed by atoms with Gasteiger partial charge in [0.05, 0.1) is 22.1 Å². The van der Waals surface area contributed by atoms with E-state index in [0.717, 1.165) is 60.5 Å². The zero-order valence-corrected chi connectivity index (χ0v) is 20.3. The van der Waals surface area contributed by atoms with Crippen LogP contribution in [0.5, 0.6) is 0 Å². The standard InChI is InChI=1S/C22H28BrClN2O3S/c1-25-14-26(10-4-12-29-18-5-2-3-11-28-18)13-17-19(21(23)30-22(17)25)20(27)15-6-8-16(24)9-7-15/h6-9,18,20,27H,2-5,10-14H2,1H3. The van der Waals surface area contributed by atoms with Crippen LogP contribution in [-0.4, -0.2) is 49.8 Å². The molecule has 0 aliphatic carbocycles. The highest BCUT2D eigenvalue weighted by atomic mass is 79.9. The van der Waals surface area contributed by atoms with E-state index in [-0.39, 0.29) is 6.29 Å². The van der Waals surface area contributed by atoms with Gasteiger partial charge in [-0.1, -0.05) is 23.7 Å². The van der Waals surface area contributed by atoms with Crippen LogP contribution in [0.25, 0.3) is 0 Å². The number of aliphatic hydroxyl groups excluding tert-OH is 1. The summed E-state index contributed by atoms with van der Waals surface area (Å²) in [4.78, 5) is 4.67. The number of rotatable bonds is 7. The number of anilines is 1. The van der Waals surface area contributed by atoms with Crippen molar-refractivity contribution in [2.45, 2.75) is 44.6 Å². The summed E-state index contributed by atoms with van der Waals surface area (Å²) in [7, 11) is 2.11. The van der Waals surface area contributed by atoms with Gasteiger partial charge in [-0.05, 0) is 59.3 Å². The molecule has 2 unspecified atom stereocenters. The molecule has 2 atom stereocenters. The second-order valence-electron chi connectivity index (χ2n) is 7.94. The molecule has 2 aromatic rings. The fourth-order valence-electron chi connectivity index (χ4n) is 4.11. The van der Waals surface area contributed by atoms with E-state index in [1.165, 1.54) is 17.0 Å². The molecule has 2 aliphatic rings. The van der Waals surface area contributed by atoms with Gasteiger partial charge in [0.15, 0.2) is 6.29 Å². The zero-order chi connectivity index (χ0) is 21.1. The molecule has 30 heavy (non-hydrogen) atoms. The average Bonchev–Trinajstić information content (AvgIpc) is 3.08. The molecule has 164 valence electrons. The molecule has 5 nitrogen and oxygen atoms in total. The third kappa shape index (κ3) is 5.21. The Balaban J connectivity index is 1.40. The second kappa shape index (κ2) is 10.3. The lowest BCUT2D eigenvalue weighted by molar-refractivity contribution is -0.163. The first kappa shape index (κ1) is 22.5. The molecule has 0 bridgehead atoms. The summed E-state index contributed by atoms with van der Waals surface area (Å²) in [5.74, 6) is 0. The maximum Gasteiger partial charge on any atom is 0.157 e. The summed E-state index contributed by atoms with van der Waals surface area (Å²) in [6.45, 7) is 4.17. The number of benzene rings is 1. The first-order valence-electron chi connectivity index (χ1n) is 10.4. The van der Waals surface area contributed by atoms with Gasteiger partial charge >= 0.3 is 0 Å². The minimum Gasteiger partial charge on any atom is -0.384 e. The lowest BCUT2D eigenvalue weighted by Crippen LogP contribution is -2.40. The van der Waals surface area contributed by atoms with Crippen LogP contribution in [0.3, 0.4) is 0 Å². The van der Waals surface area contributed by atoms with E-state index in [2.05, 4.69) is 32.8 Å². The first-order chi connectivity index (χ1) is 14.5. The number of nitrogens with zero attached hydrogens (tertiary/aromatic N) is 2. The van der Waals surface area contributed by atoms with E-state index in [1.807, 2.05) is 24.3 Å². The average molecular weight is 516 g/mol. The fourth-order valence-corrected chi connectivity index (χ4v) is 6.18. The number of hydrogen-bond donors (Lipinski definition) is 1. The molecular weight excluding hydrogens is 488 g/mol. The highest BCUT2D eigenvalue weighted by Crippen LogP contribution is 2.46. The van der Waals surface area contributed by atoms with Gasteiger partial charge in [0, 0.05) is 42.9 Å². The highest BCUT2D eigenvalue weighted by molar-refractivity contribution is 9.11. The topological polar surface area (TPSA) is 45.2 Å². The molecule has 1 N–H and O–H groups in total. The van der Waals surface area contributed by atoms with E-state index >= 15 is 0 Å². The first-order valence-corrected chi connectivity index (χ1v) is 12.4. The summed E-state index contributed by atoms with van der Waals surface area (Å²) in [5, 5.41) is 13.0. The van der Waals surface area contributed by atoms with Gasteiger partial charge in [0.25, 0.3) is 0 Å². The van der Waals surface area contributed by atoms with Crippen molar-refractivity contribution in [2.24, 2.45) is 0 Å². The van der Waals surface area contributed by atoms with E-state index < -0.39 is 6.10 Å². The molecule has 0 amide bonds. The number of ether oxygens (including phenoxy) is 2. The number of hydrogen-bond acceptors (Lipinski definition) is 6. The van der Waals surface area contributed by atoms with Crippen LogP contribution in [-0.2, 0) is 16.0 Å². The quantitative estimate of drug-likeness (QED) is 0.501. The van der Waals surface area contributed by atoms with Crippen LogP contribution in [0.15, 0.2) is 28.1 Å². The summed E-state index contributed by atoms with van der Waals surface area (Å²) in [6.07, 6.45) is 3.59. The van der Waals surface area contributed by atoms with Gasteiger partial charge < -0.3 is 19.5 Å². The Morgan fingerprint density at radius 2 is 2.13 bits per heavy atom. The molecule has 0 radical (unpaired) electrons. The van der Waals surface area contributed by atoms with E-state index in [0.29, 0.717) is 11.6 Å². The molecule has 1 aromatic carbocycles. The van der Waals surface area contributed by atoms with Gasteiger partial charge in [0.2, 0.25) is 0 Å². The molecule has 1 saturated heterocycles. The van der Waals surface area contributed by atoms with Crippen molar-refractivity contribution in [3.8, 4) is 0 Å². The Morgan fingerprint density at radius 1 is 1.33 bits per heavy atom. The van der Waals surface area contributed by atoms with E-state index in [4.69, 9.17) is 21.1 Å². The smallest absolute Gasteiger partial charge is 0.157 e. The monoisotopic (exact) mass is 514 g/mol. The molecule has 4 rings (SSSR count). The number of aliphatic hydroxyl groups is 1. The van der Waals surface area contributed by atoms with E-state index in [9.17, 15) is 5.11 Å². The van der Waals surface area contributed by atoms with Crippen molar-refractivity contribution in [2.75, 3.05) is 38.4 Å². The largest absolute Gasteiger partial charge is 0.384 e. The lowest BCUT2D eigenvalue weighted by atomic mass is 9.99. The van der Waals surface area contributed by atoms with Crippen LogP contribution in [0.2, 0.25) is 5.02 Å². The number of thiophene rings is 1. The maximum atomic E-state index is 11.1. The Bertz CT molecular complexity index is 842. The summed E-state index contributed by atoms with van der Waals surface area (Å²) >= 11 is 11.4. The molecule has 1 fully saturated rings. The van der Waals surface area contributed by atoms with Crippen molar-refractivity contribution in [1.29, 1.82) is 0 Å². The van der Waals surface area contributed by atoms with Crippen molar-refractivity contribution in [1.82, 2.24) is 4.90 Å². The van der Waals surface area contributed by atoms with E-state index in [1.54, 1.807) is 11.3 Å². The minimum absolute atomic E-state index is 0.0247. The SMILES string of the molecule is CN1CN(CCCOC2CCCCO2)Cc2c1sc(Br)c2C(O)c1ccc(Cl)cc1. The van der Waals surface area contributed by atoms with Crippen LogP contribution in [0.4, 0.5) is 5.00 Å². The molecule has 0 spiro atoms. The predicted octanol–water partition coefficient (Wildman–Crippen LogP) is 5.39. The predicted molar refractivity (Wildman–Crippen MR) is 125 cm³/mol. The van der Waals surface area contributed by atoms with Crippen LogP contribution < -0.4 is 4.90 Å². The Labute approximate surface area is 195 Å². The molecule has 3 heterocycles. The Kier molecular flexibility index (Phi) is 7.73. The molecular formula is C22H28BrClN2O3S. The second-order valence-corrected chi connectivity index (χ2v) is 10.7. The fraction of sp³-hybridized carbons (Fsp3) is 0.545. The van der Waals surface area contributed by atoms with Gasteiger partial charge in [0.1, 0.15) is 6.10 Å². The van der Waals surface area contributed by atoms with Gasteiger partial charge in [-0.25, -0.2) is 0 Å². The summed E-state index contributed by atoms with van der Waals surface area (Å²) in [6, 6.07) is 7.42. The molecule has 8 heteroatoms. The molecule has 0 saturated carbocycles. The molecule has 2 aliphatic heterocycles. The Morgan fingerprint density at radius 3 is 2.87 bits per heavy atom. The van der Waals surface area contributed by atoms with Gasteiger partial charge in [-0.3, -0.25) is 4.90 Å². The number of fused-ring (bicyclic) bond motifs is 1. The summed E-state index contributed by atoms with van der Waals surface area (Å²) in [5.41, 5.74) is 3.00. The third-order valence-corrected chi connectivity index (χ3v) is 7.96. The third-order valence-electron chi connectivity index (χ3n) is 5.64. The van der Waals surface area contributed by atoms with Gasteiger partial charge in [-0.2, -0.15) is 0 Å². The lowest BCUT2D eigenvalue weighted by Gasteiger charge is -2.35. The van der Waals surface area contributed by atoms with Crippen LogP contribution >= 0.6 is 38.9 Å². The highest BCUT2D eigenvalue weighted by Gasteiger charge is 2.30. The van der Waals surface area contributed by atoms with Crippen LogP contribution in [0, 0.1) is 0 Å². The van der Waals surface area contributed by atoms with Gasteiger partial charge in [-0.15, -0.1) is 11.3 Å². The Hall–Kier alpha value is -0.670. The normalized spacial score (nSPS) is 20.9. The molecule has 1 aromatic heterocycles. The van der Waals surface area contributed by atoms with Crippen molar-refractivity contribution >= 4 is 43.9 Å². The van der Waals surface area contributed by atoms with Crippen molar-refractivity contribution in [3.05, 3.63) is 49.8 Å². The van der Waals surface area contributed by atoms with Crippen LogP contribution in [0.1, 0.15) is 48.5 Å². The number of halogens is 2. The zero-order valence-electron chi connectivity index (χ0n) is 17.2. The van der Waals surface area contributed by atoms with Crippen molar-refractivity contribution < 1.29 is 14.6 Å². The minimum atomic E-state index is -0.684. The van der Waals surface area contributed by atoms with Crippen molar-refractivity contribution in [3.63, 3.8) is 0 Å². The maximum absolute atomic E-state index is 11.1.